The van der Waals surface area contributed by atoms with Crippen LogP contribution in [0.3, 0.4) is 0 Å². The Morgan fingerprint density at radius 3 is 2.74 bits per heavy atom. The lowest BCUT2D eigenvalue weighted by molar-refractivity contribution is -0.122. The SMILES string of the molecule is COc1ccc2sc(Cc3ccccc3)c([C@@H]3C[C@H]3NC(=O)C3CC3)c2c1. The molecule has 0 aliphatic heterocycles. The van der Waals surface area contributed by atoms with Crippen LogP contribution in [0.25, 0.3) is 10.1 Å². The van der Waals surface area contributed by atoms with Crippen LogP contribution in [0.4, 0.5) is 0 Å². The lowest BCUT2D eigenvalue weighted by Gasteiger charge is -2.07. The molecule has 0 bridgehead atoms. The van der Waals surface area contributed by atoms with Gasteiger partial charge >= 0.3 is 0 Å². The molecule has 2 aliphatic rings. The van der Waals surface area contributed by atoms with Gasteiger partial charge in [-0.05, 0) is 54.0 Å². The molecule has 0 radical (unpaired) electrons. The molecule has 27 heavy (non-hydrogen) atoms. The van der Waals surface area contributed by atoms with Gasteiger partial charge in [0.25, 0.3) is 0 Å². The van der Waals surface area contributed by atoms with Crippen molar-refractivity contribution >= 4 is 27.3 Å². The summed E-state index contributed by atoms with van der Waals surface area (Å²) in [5.74, 6) is 1.85. The molecule has 138 valence electrons. The van der Waals surface area contributed by atoms with Crippen LogP contribution in [-0.4, -0.2) is 19.1 Å². The molecule has 1 aromatic heterocycles. The zero-order valence-corrected chi connectivity index (χ0v) is 16.2. The van der Waals surface area contributed by atoms with E-state index in [9.17, 15) is 4.79 Å². The van der Waals surface area contributed by atoms with Crippen molar-refractivity contribution in [1.29, 1.82) is 0 Å². The van der Waals surface area contributed by atoms with Crippen molar-refractivity contribution in [2.45, 2.75) is 37.6 Å². The highest BCUT2D eigenvalue weighted by molar-refractivity contribution is 7.19. The molecular weight excluding hydrogens is 354 g/mol. The van der Waals surface area contributed by atoms with E-state index in [-0.39, 0.29) is 17.9 Å². The second-order valence-electron chi connectivity index (χ2n) is 7.69. The lowest BCUT2D eigenvalue weighted by atomic mass is 10.0. The second kappa shape index (κ2) is 6.68. The van der Waals surface area contributed by atoms with E-state index < -0.39 is 0 Å². The van der Waals surface area contributed by atoms with Gasteiger partial charge in [0.05, 0.1) is 7.11 Å². The van der Waals surface area contributed by atoms with Crippen LogP contribution < -0.4 is 10.1 Å². The van der Waals surface area contributed by atoms with E-state index in [1.54, 1.807) is 7.11 Å². The number of hydrogen-bond donors (Lipinski definition) is 1. The van der Waals surface area contributed by atoms with E-state index in [0.29, 0.717) is 5.92 Å². The molecule has 4 heteroatoms. The predicted octanol–water partition coefficient (Wildman–Crippen LogP) is 4.88. The average Bonchev–Trinajstić information content (AvgIpc) is 3.61. The molecule has 0 saturated heterocycles. The molecule has 1 amide bonds. The van der Waals surface area contributed by atoms with Gasteiger partial charge in [-0.25, -0.2) is 0 Å². The van der Waals surface area contributed by atoms with Gasteiger partial charge in [-0.1, -0.05) is 30.3 Å². The van der Waals surface area contributed by atoms with Crippen LogP contribution in [0.1, 0.15) is 41.2 Å². The summed E-state index contributed by atoms with van der Waals surface area (Å²) in [5, 5.41) is 4.56. The van der Waals surface area contributed by atoms with E-state index in [1.807, 2.05) is 17.4 Å². The predicted molar refractivity (Wildman–Crippen MR) is 110 cm³/mol. The number of carbonyl (C=O) groups excluding carboxylic acids is 1. The van der Waals surface area contributed by atoms with Gasteiger partial charge in [0, 0.05) is 33.9 Å². The molecule has 2 aromatic carbocycles. The summed E-state index contributed by atoms with van der Waals surface area (Å²) < 4.78 is 6.77. The number of amides is 1. The molecule has 2 aliphatic carbocycles. The molecule has 5 rings (SSSR count). The van der Waals surface area contributed by atoms with Crippen molar-refractivity contribution in [3.63, 3.8) is 0 Å². The molecule has 0 unspecified atom stereocenters. The Hall–Kier alpha value is -2.33. The van der Waals surface area contributed by atoms with Gasteiger partial charge in [-0.3, -0.25) is 4.79 Å². The molecule has 0 spiro atoms. The summed E-state index contributed by atoms with van der Waals surface area (Å²) in [6.07, 6.45) is 4.10. The zero-order valence-electron chi connectivity index (χ0n) is 15.4. The van der Waals surface area contributed by atoms with Crippen molar-refractivity contribution < 1.29 is 9.53 Å². The van der Waals surface area contributed by atoms with Crippen molar-refractivity contribution in [2.75, 3.05) is 7.11 Å². The summed E-state index contributed by atoms with van der Waals surface area (Å²) in [5.41, 5.74) is 2.75. The molecule has 2 atom stereocenters. The minimum atomic E-state index is 0.254. The minimum absolute atomic E-state index is 0.254. The standard InChI is InChI=1S/C23H23NO2S/c1-26-16-9-10-20-18(12-16)22(17-13-19(17)24-23(25)15-7-8-15)21(27-20)11-14-5-3-2-4-6-14/h2-6,9-10,12,15,17,19H,7-8,11,13H2,1H3,(H,24,25)/t17-,19-/m1/s1. The highest BCUT2D eigenvalue weighted by Gasteiger charge is 2.44. The highest BCUT2D eigenvalue weighted by Crippen LogP contribution is 2.49. The van der Waals surface area contributed by atoms with Gasteiger partial charge in [-0.15, -0.1) is 11.3 Å². The number of hydrogen-bond acceptors (Lipinski definition) is 3. The number of fused-ring (bicyclic) bond motifs is 1. The highest BCUT2D eigenvalue weighted by atomic mass is 32.1. The van der Waals surface area contributed by atoms with Gasteiger partial charge < -0.3 is 10.1 Å². The van der Waals surface area contributed by atoms with E-state index >= 15 is 0 Å². The maximum Gasteiger partial charge on any atom is 0.223 e. The topological polar surface area (TPSA) is 38.3 Å². The first-order chi connectivity index (χ1) is 13.2. The first-order valence-electron chi connectivity index (χ1n) is 9.66. The smallest absolute Gasteiger partial charge is 0.223 e. The molecule has 2 saturated carbocycles. The zero-order chi connectivity index (χ0) is 18.4. The molecule has 1 heterocycles. The number of carbonyl (C=O) groups is 1. The lowest BCUT2D eigenvalue weighted by Crippen LogP contribution is -2.27. The third-order valence-electron chi connectivity index (χ3n) is 5.65. The van der Waals surface area contributed by atoms with Crippen LogP contribution >= 0.6 is 11.3 Å². The third kappa shape index (κ3) is 3.34. The van der Waals surface area contributed by atoms with E-state index in [0.717, 1.165) is 31.4 Å². The Morgan fingerprint density at radius 1 is 1.19 bits per heavy atom. The van der Waals surface area contributed by atoms with Crippen LogP contribution in [0.15, 0.2) is 48.5 Å². The largest absolute Gasteiger partial charge is 0.497 e. The summed E-state index contributed by atoms with van der Waals surface area (Å²) >= 11 is 1.88. The summed E-state index contributed by atoms with van der Waals surface area (Å²) in [6, 6.07) is 17.3. The minimum Gasteiger partial charge on any atom is -0.497 e. The maximum atomic E-state index is 12.2. The second-order valence-corrected chi connectivity index (χ2v) is 8.83. The summed E-state index contributed by atoms with van der Waals surface area (Å²) in [4.78, 5) is 13.6. The Balaban J connectivity index is 1.49. The Kier molecular flexibility index (Phi) is 4.16. The number of ether oxygens (including phenoxy) is 1. The fourth-order valence-electron chi connectivity index (χ4n) is 3.91. The molecular formula is C23H23NO2S. The van der Waals surface area contributed by atoms with Crippen LogP contribution in [0, 0.1) is 5.92 Å². The Bertz CT molecular complexity index is 990. The summed E-state index contributed by atoms with van der Waals surface area (Å²) in [7, 11) is 1.72. The Morgan fingerprint density at radius 2 is 2.00 bits per heavy atom. The van der Waals surface area contributed by atoms with Gasteiger partial charge in [-0.2, -0.15) is 0 Å². The fraction of sp³-hybridized carbons (Fsp3) is 0.348. The van der Waals surface area contributed by atoms with Crippen molar-refractivity contribution in [1.82, 2.24) is 5.32 Å². The van der Waals surface area contributed by atoms with Gasteiger partial charge in [0.1, 0.15) is 5.75 Å². The monoisotopic (exact) mass is 377 g/mol. The van der Waals surface area contributed by atoms with Gasteiger partial charge in [0.2, 0.25) is 5.91 Å². The number of nitrogens with one attached hydrogen (secondary N) is 1. The number of thiophene rings is 1. The molecule has 2 fully saturated rings. The first-order valence-corrected chi connectivity index (χ1v) is 10.5. The van der Waals surface area contributed by atoms with Crippen molar-refractivity contribution in [3.8, 4) is 5.75 Å². The average molecular weight is 378 g/mol. The van der Waals surface area contributed by atoms with E-state index in [2.05, 4.69) is 47.8 Å². The van der Waals surface area contributed by atoms with Crippen molar-refractivity contribution in [2.24, 2.45) is 5.92 Å². The summed E-state index contributed by atoms with van der Waals surface area (Å²) in [6.45, 7) is 0. The molecule has 3 aromatic rings. The molecule has 1 N–H and O–H groups in total. The normalized spacial score (nSPS) is 21.2. The Labute approximate surface area is 163 Å². The quantitative estimate of drug-likeness (QED) is 0.665. The number of methoxy groups -OCH3 is 1. The first kappa shape index (κ1) is 16.8. The number of rotatable bonds is 6. The third-order valence-corrected chi connectivity index (χ3v) is 6.84. The number of benzene rings is 2. The van der Waals surface area contributed by atoms with E-state index in [1.165, 1.54) is 26.1 Å². The van der Waals surface area contributed by atoms with Crippen LogP contribution in [0.2, 0.25) is 0 Å². The van der Waals surface area contributed by atoms with Crippen molar-refractivity contribution in [3.05, 3.63) is 64.5 Å². The maximum absolute atomic E-state index is 12.2. The molecule has 3 nitrogen and oxygen atoms in total. The van der Waals surface area contributed by atoms with Crippen LogP contribution in [0.5, 0.6) is 5.75 Å². The van der Waals surface area contributed by atoms with Gasteiger partial charge in [0.15, 0.2) is 0 Å². The van der Waals surface area contributed by atoms with E-state index in [4.69, 9.17) is 4.74 Å². The van der Waals surface area contributed by atoms with Crippen LogP contribution in [-0.2, 0) is 11.2 Å². The fourth-order valence-corrected chi connectivity index (χ4v) is 5.20.